The molecule has 0 spiro atoms. The van der Waals surface area contributed by atoms with Gasteiger partial charge in [-0.25, -0.2) is 24.1 Å². The van der Waals surface area contributed by atoms with E-state index >= 15 is 0 Å². The van der Waals surface area contributed by atoms with Gasteiger partial charge in [0.2, 0.25) is 0 Å². The summed E-state index contributed by atoms with van der Waals surface area (Å²) in [7, 11) is -10.8. The number of aliphatic hydroxyl groups is 4. The number of imidazole rings is 1. The van der Waals surface area contributed by atoms with Crippen LogP contribution < -0.4 is 16.0 Å². The Balaban J connectivity index is 1.07. The molecule has 3 aromatic heterocycles. The number of nitrogen functional groups attached to an aromatic ring is 1. The number of primary amides is 1. The number of aromatic nitrogens is 5. The number of thioether (sulfide) groups is 1. The van der Waals surface area contributed by atoms with Crippen molar-refractivity contribution in [2.45, 2.75) is 85.2 Å². The van der Waals surface area contributed by atoms with E-state index in [9.17, 15) is 44.1 Å². The lowest BCUT2D eigenvalue weighted by Gasteiger charge is -2.21. The number of carbonyl (C=O) groups is 1. The van der Waals surface area contributed by atoms with Gasteiger partial charge in [0, 0.05) is 11.3 Å². The van der Waals surface area contributed by atoms with Gasteiger partial charge >= 0.3 is 15.6 Å². The van der Waals surface area contributed by atoms with Crippen LogP contribution in [0.25, 0.3) is 11.2 Å². The molecule has 1 amide bonds. The fraction of sp³-hybridized carbons (Fsp3) is 0.577. The quantitative estimate of drug-likeness (QED) is 0.0766. The predicted octanol–water partition coefficient (Wildman–Crippen LogP) is -0.981. The van der Waals surface area contributed by atoms with Crippen molar-refractivity contribution < 1.29 is 71.5 Å². The number of pyridine rings is 1. The summed E-state index contributed by atoms with van der Waals surface area (Å²) in [6, 6.07) is 2.85. The monoisotopic (exact) mass is 764 g/mol. The highest BCUT2D eigenvalue weighted by molar-refractivity contribution is 7.99. The van der Waals surface area contributed by atoms with Gasteiger partial charge in [0.1, 0.15) is 42.4 Å². The predicted molar refractivity (Wildman–Crippen MR) is 167 cm³/mol. The first-order valence-electron chi connectivity index (χ1n) is 15.3. The highest BCUT2D eigenvalue weighted by atomic mass is 32.2. The zero-order valence-corrected chi connectivity index (χ0v) is 28.6. The fourth-order valence-corrected chi connectivity index (χ4v) is 9.28. The summed E-state index contributed by atoms with van der Waals surface area (Å²) >= 11 is 1.43. The number of phosphoric ester groups is 2. The van der Waals surface area contributed by atoms with Crippen LogP contribution in [0.2, 0.25) is 0 Å². The highest BCUT2D eigenvalue weighted by Gasteiger charge is 2.50. The first-order valence-corrected chi connectivity index (χ1v) is 19.2. The summed E-state index contributed by atoms with van der Waals surface area (Å²) in [6.07, 6.45) is -4.08. The highest BCUT2D eigenvalue weighted by Crippen LogP contribution is 2.61. The Labute approximate surface area is 287 Å². The van der Waals surface area contributed by atoms with Crippen LogP contribution in [-0.2, 0) is 32.0 Å². The number of hydrogen-bond acceptors (Lipinski definition) is 17. The summed E-state index contributed by atoms with van der Waals surface area (Å²) in [6.45, 7) is -1.79. The number of anilines is 1. The molecule has 1 aliphatic carbocycles. The smallest absolute Gasteiger partial charge is 0.387 e. The van der Waals surface area contributed by atoms with E-state index in [2.05, 4.69) is 19.3 Å². The average molecular weight is 765 g/mol. The number of amides is 1. The first kappa shape index (κ1) is 37.1. The Kier molecular flexibility index (Phi) is 11.0. The summed E-state index contributed by atoms with van der Waals surface area (Å²) in [5.41, 5.74) is 11.8. The van der Waals surface area contributed by atoms with E-state index in [4.69, 9.17) is 30.0 Å². The Bertz CT molecular complexity index is 1820. The molecule has 0 bridgehead atoms. The summed E-state index contributed by atoms with van der Waals surface area (Å²) in [5, 5.41) is 43.3. The Hall–Kier alpha value is -2.66. The van der Waals surface area contributed by atoms with E-state index < -0.39 is 83.8 Å². The molecule has 3 aromatic rings. The number of phosphoric acid groups is 2. The normalized spacial score (nSPS) is 31.2. The molecule has 24 heteroatoms. The average Bonchev–Trinajstić information content (AvgIpc) is 3.83. The largest absolute Gasteiger partial charge is 0.481 e. The van der Waals surface area contributed by atoms with Gasteiger partial charge in [-0.05, 0) is 18.9 Å². The lowest BCUT2D eigenvalue weighted by molar-refractivity contribution is -0.765. The molecular formula is C26H36N7O14P2S+. The fourth-order valence-electron chi connectivity index (χ4n) is 5.88. The maximum absolute atomic E-state index is 12.7. The van der Waals surface area contributed by atoms with E-state index in [1.54, 1.807) is 0 Å². The molecule has 274 valence electrons. The third-order valence-electron chi connectivity index (χ3n) is 8.39. The molecule has 50 heavy (non-hydrogen) atoms. The van der Waals surface area contributed by atoms with Crippen LogP contribution in [-0.4, -0.2) is 111 Å². The van der Waals surface area contributed by atoms with Crippen LogP contribution in [0.15, 0.2) is 36.0 Å². The number of carbonyl (C=O) groups excluding carboxylic acids is 1. The van der Waals surface area contributed by atoms with Crippen LogP contribution in [0.4, 0.5) is 5.82 Å². The Morgan fingerprint density at radius 1 is 1.00 bits per heavy atom. The van der Waals surface area contributed by atoms with Gasteiger partial charge in [-0.1, -0.05) is 24.6 Å². The number of nitrogens with two attached hydrogens (primary N) is 2. The standard InChI is InChI=1S/C26H35N7O14P2S/c27-21-16-23(30-11-29-21)33(26(31-16)50-13-5-1-2-6-13)25-20(37)18(35)15(46-25)10-44-49(41,42)47-48(39,40)43-9-14-17(34)19(36)24(45-14)32-7-3-4-12(8-32)22(28)38/h3-4,7-8,11,13-15,17-20,24-25,34-37H,1-2,5-6,9-10H2,(H5-,27,28,29,30,38,39,40,41,42)/p+1. The van der Waals surface area contributed by atoms with Crippen molar-refractivity contribution in [3.63, 3.8) is 0 Å². The third kappa shape index (κ3) is 7.88. The molecule has 3 aliphatic rings. The zero-order chi connectivity index (χ0) is 36.0. The number of rotatable bonds is 13. The zero-order valence-electron chi connectivity index (χ0n) is 26.0. The molecule has 5 heterocycles. The molecule has 1 saturated carbocycles. The van der Waals surface area contributed by atoms with Crippen LogP contribution >= 0.6 is 27.4 Å². The molecule has 6 rings (SSSR count). The van der Waals surface area contributed by atoms with Gasteiger partial charge in [0.15, 0.2) is 46.9 Å². The van der Waals surface area contributed by atoms with Gasteiger partial charge < -0.3 is 51.2 Å². The molecule has 21 nitrogen and oxygen atoms in total. The topological polar surface area (TPSA) is 318 Å². The van der Waals surface area contributed by atoms with Crippen LogP contribution in [0.3, 0.4) is 0 Å². The van der Waals surface area contributed by atoms with Crippen molar-refractivity contribution in [3.8, 4) is 0 Å². The summed E-state index contributed by atoms with van der Waals surface area (Å²) < 4.78 is 53.3. The van der Waals surface area contributed by atoms with E-state index in [1.807, 2.05) is 0 Å². The maximum Gasteiger partial charge on any atom is 0.481 e. The number of nitrogens with zero attached hydrogens (tertiary/aromatic N) is 5. The van der Waals surface area contributed by atoms with Crippen molar-refractivity contribution in [3.05, 3.63) is 36.4 Å². The number of aliphatic hydroxyl groups excluding tert-OH is 4. The second-order valence-corrected chi connectivity index (χ2v) is 16.1. The minimum Gasteiger partial charge on any atom is -0.387 e. The lowest BCUT2D eigenvalue weighted by Crippen LogP contribution is -2.46. The van der Waals surface area contributed by atoms with Crippen molar-refractivity contribution in [1.29, 1.82) is 0 Å². The SMILES string of the molecule is NC(=O)c1ccc[n+](C2OC(COP(=O)(O)OP(=O)(O)OCC3OC(n4c(SC5CCCC5)nc5c(N)ncnc54)C(O)C3O)C(O)C2O)c1. The van der Waals surface area contributed by atoms with Gasteiger partial charge in [-0.3, -0.25) is 18.4 Å². The molecule has 10 N–H and O–H groups in total. The van der Waals surface area contributed by atoms with Crippen molar-refractivity contribution in [2.75, 3.05) is 18.9 Å². The molecule has 10 atom stereocenters. The molecule has 2 aliphatic heterocycles. The van der Waals surface area contributed by atoms with Gasteiger partial charge in [0.05, 0.1) is 13.2 Å². The molecule has 3 fully saturated rings. The van der Waals surface area contributed by atoms with Gasteiger partial charge in [0.25, 0.3) is 12.1 Å². The van der Waals surface area contributed by atoms with E-state index in [0.717, 1.165) is 25.7 Å². The maximum atomic E-state index is 12.7. The Morgan fingerprint density at radius 2 is 1.64 bits per heavy atom. The number of ether oxygens (including phenoxy) is 2. The van der Waals surface area contributed by atoms with Crippen molar-refractivity contribution >= 4 is 50.3 Å². The molecule has 10 unspecified atom stereocenters. The molecular weight excluding hydrogens is 728 g/mol. The van der Waals surface area contributed by atoms with Gasteiger partial charge in [-0.2, -0.15) is 8.88 Å². The lowest BCUT2D eigenvalue weighted by atomic mass is 10.1. The second kappa shape index (κ2) is 14.8. The van der Waals surface area contributed by atoms with Crippen LogP contribution in [0.1, 0.15) is 48.5 Å². The molecule has 0 aromatic carbocycles. The minimum absolute atomic E-state index is 0.0723. The van der Waals surface area contributed by atoms with Crippen LogP contribution in [0, 0.1) is 0 Å². The number of hydrogen-bond donors (Lipinski definition) is 8. The summed E-state index contributed by atoms with van der Waals surface area (Å²) in [5.74, 6) is -0.676. The van der Waals surface area contributed by atoms with Crippen molar-refractivity contribution in [1.82, 2.24) is 19.5 Å². The third-order valence-corrected chi connectivity index (χ3v) is 12.3. The van der Waals surface area contributed by atoms with E-state index in [-0.39, 0.29) is 27.8 Å². The van der Waals surface area contributed by atoms with Crippen LogP contribution in [0.5, 0.6) is 0 Å². The van der Waals surface area contributed by atoms with Gasteiger partial charge in [-0.15, -0.1) is 0 Å². The number of fused-ring (bicyclic) bond motifs is 1. The second-order valence-electron chi connectivity index (χ2n) is 11.8. The molecule has 0 radical (unpaired) electrons. The summed E-state index contributed by atoms with van der Waals surface area (Å²) in [4.78, 5) is 44.6. The van der Waals surface area contributed by atoms with Crippen molar-refractivity contribution in [2.24, 2.45) is 5.73 Å². The van der Waals surface area contributed by atoms with E-state index in [0.29, 0.717) is 5.16 Å². The first-order chi connectivity index (χ1) is 23.6. The Morgan fingerprint density at radius 3 is 2.30 bits per heavy atom. The minimum atomic E-state index is -5.40. The molecule has 2 saturated heterocycles. The van der Waals surface area contributed by atoms with E-state index in [1.165, 1.54) is 51.7 Å².